The van der Waals surface area contributed by atoms with Gasteiger partial charge in [-0.05, 0) is 37.8 Å². The molecule has 4 heteroatoms. The summed E-state index contributed by atoms with van der Waals surface area (Å²) >= 11 is 0. The van der Waals surface area contributed by atoms with Crippen molar-refractivity contribution in [1.29, 1.82) is 0 Å². The lowest BCUT2D eigenvalue weighted by molar-refractivity contribution is 0.707. The van der Waals surface area contributed by atoms with Gasteiger partial charge in [-0.2, -0.15) is 0 Å². The van der Waals surface area contributed by atoms with Gasteiger partial charge in [-0.1, -0.05) is 18.2 Å². The average molecular weight is 282 g/mol. The monoisotopic (exact) mass is 282 g/mol. The molecule has 0 spiro atoms. The Kier molecular flexibility index (Phi) is 4.34. The van der Waals surface area contributed by atoms with Crippen molar-refractivity contribution in [1.82, 2.24) is 9.97 Å². The number of nitrogens with zero attached hydrogens (tertiary/aromatic N) is 3. The summed E-state index contributed by atoms with van der Waals surface area (Å²) in [4.78, 5) is 11.4. The Labute approximate surface area is 126 Å². The Morgan fingerprint density at radius 1 is 1.14 bits per heavy atom. The molecule has 1 aliphatic heterocycles. The van der Waals surface area contributed by atoms with Crippen molar-refractivity contribution in [2.24, 2.45) is 0 Å². The molecule has 0 saturated carbocycles. The minimum atomic E-state index is 0.830. The molecule has 2 heterocycles. The molecule has 0 aliphatic carbocycles. The fourth-order valence-electron chi connectivity index (χ4n) is 2.84. The van der Waals surface area contributed by atoms with E-state index in [9.17, 15) is 0 Å². The Morgan fingerprint density at radius 2 is 2.05 bits per heavy atom. The van der Waals surface area contributed by atoms with Crippen molar-refractivity contribution in [3.8, 4) is 0 Å². The average Bonchev–Trinajstić information content (AvgIpc) is 2.72. The van der Waals surface area contributed by atoms with Gasteiger partial charge >= 0.3 is 0 Å². The highest BCUT2D eigenvalue weighted by Crippen LogP contribution is 2.27. The zero-order chi connectivity index (χ0) is 14.5. The van der Waals surface area contributed by atoms with Crippen LogP contribution < -0.4 is 10.2 Å². The number of aromatic nitrogens is 2. The number of nitrogens with one attached hydrogen (secondary N) is 1. The second-order valence-electron chi connectivity index (χ2n) is 5.43. The van der Waals surface area contributed by atoms with Crippen LogP contribution in [0, 0.1) is 0 Å². The van der Waals surface area contributed by atoms with Crippen LogP contribution in [0.4, 0.5) is 11.5 Å². The second-order valence-corrected chi connectivity index (χ2v) is 5.43. The molecule has 0 fully saturated rings. The van der Waals surface area contributed by atoms with E-state index in [1.165, 1.54) is 30.5 Å². The lowest BCUT2D eigenvalue weighted by atomic mass is 10.1. The van der Waals surface area contributed by atoms with Crippen LogP contribution in [0.5, 0.6) is 0 Å². The molecule has 4 nitrogen and oxygen atoms in total. The van der Waals surface area contributed by atoms with E-state index >= 15 is 0 Å². The van der Waals surface area contributed by atoms with Crippen LogP contribution >= 0.6 is 0 Å². The van der Waals surface area contributed by atoms with E-state index in [1.54, 1.807) is 0 Å². The SMILES string of the molecule is CCNc1cnc(CN2CCCCc3ccccc32)cn1. The van der Waals surface area contributed by atoms with Crippen LogP contribution in [0.15, 0.2) is 36.7 Å². The lowest BCUT2D eigenvalue weighted by Gasteiger charge is -2.24. The standard InChI is InChI=1S/C17H22N4/c1-2-18-17-12-19-15(11-20-17)13-21-10-6-5-8-14-7-3-4-9-16(14)21/h3-4,7,9,11-12H,2,5-6,8,10,13H2,1H3,(H,18,20). The number of anilines is 2. The van der Waals surface area contributed by atoms with E-state index in [0.717, 1.165) is 31.1 Å². The summed E-state index contributed by atoms with van der Waals surface area (Å²) in [6.07, 6.45) is 7.38. The highest BCUT2D eigenvalue weighted by atomic mass is 15.1. The summed E-state index contributed by atoms with van der Waals surface area (Å²) in [7, 11) is 0. The Morgan fingerprint density at radius 3 is 2.86 bits per heavy atom. The van der Waals surface area contributed by atoms with Crippen molar-refractivity contribution >= 4 is 11.5 Å². The predicted octanol–water partition coefficient (Wildman–Crippen LogP) is 3.25. The molecule has 0 bridgehead atoms. The maximum Gasteiger partial charge on any atom is 0.144 e. The zero-order valence-corrected chi connectivity index (χ0v) is 12.5. The third kappa shape index (κ3) is 3.32. The summed E-state index contributed by atoms with van der Waals surface area (Å²) in [6.45, 7) is 4.85. The van der Waals surface area contributed by atoms with Crippen LogP contribution in [-0.2, 0) is 13.0 Å². The van der Waals surface area contributed by atoms with E-state index in [0.29, 0.717) is 0 Å². The summed E-state index contributed by atoms with van der Waals surface area (Å²) in [5.74, 6) is 0.845. The van der Waals surface area contributed by atoms with Crippen molar-refractivity contribution < 1.29 is 0 Å². The number of aryl methyl sites for hydroxylation is 1. The van der Waals surface area contributed by atoms with E-state index in [4.69, 9.17) is 0 Å². The zero-order valence-electron chi connectivity index (χ0n) is 12.5. The van der Waals surface area contributed by atoms with Crippen molar-refractivity contribution in [2.45, 2.75) is 32.7 Å². The van der Waals surface area contributed by atoms with E-state index in [2.05, 4.69) is 51.4 Å². The number of benzene rings is 1. The molecule has 1 N–H and O–H groups in total. The van der Waals surface area contributed by atoms with Crippen LogP contribution in [-0.4, -0.2) is 23.1 Å². The third-order valence-corrected chi connectivity index (χ3v) is 3.87. The van der Waals surface area contributed by atoms with Crippen LogP contribution in [0.1, 0.15) is 31.0 Å². The number of rotatable bonds is 4. The number of hydrogen-bond donors (Lipinski definition) is 1. The van der Waals surface area contributed by atoms with Gasteiger partial charge in [0.25, 0.3) is 0 Å². The number of para-hydroxylation sites is 1. The summed E-state index contributed by atoms with van der Waals surface area (Å²) in [5, 5.41) is 3.18. The highest BCUT2D eigenvalue weighted by molar-refractivity contribution is 5.54. The van der Waals surface area contributed by atoms with Gasteiger partial charge in [0.15, 0.2) is 0 Å². The molecule has 1 aliphatic rings. The summed E-state index contributed by atoms with van der Waals surface area (Å²) in [5.41, 5.74) is 3.83. The van der Waals surface area contributed by atoms with Gasteiger partial charge in [0.05, 0.1) is 24.6 Å². The maximum atomic E-state index is 4.53. The molecule has 2 aromatic rings. The van der Waals surface area contributed by atoms with Gasteiger partial charge in [0.1, 0.15) is 5.82 Å². The molecule has 3 rings (SSSR count). The van der Waals surface area contributed by atoms with E-state index < -0.39 is 0 Å². The normalized spacial score (nSPS) is 14.4. The molecule has 1 aromatic carbocycles. The number of hydrogen-bond acceptors (Lipinski definition) is 4. The van der Waals surface area contributed by atoms with Gasteiger partial charge in [-0.25, -0.2) is 4.98 Å². The highest BCUT2D eigenvalue weighted by Gasteiger charge is 2.15. The second kappa shape index (κ2) is 6.57. The molecule has 110 valence electrons. The summed E-state index contributed by atoms with van der Waals surface area (Å²) in [6, 6.07) is 8.72. The fourth-order valence-corrected chi connectivity index (χ4v) is 2.84. The Hall–Kier alpha value is -2.10. The van der Waals surface area contributed by atoms with E-state index in [-0.39, 0.29) is 0 Å². The quantitative estimate of drug-likeness (QED) is 0.934. The molecule has 0 saturated heterocycles. The van der Waals surface area contributed by atoms with Crippen molar-refractivity contribution in [3.05, 3.63) is 47.9 Å². The molecule has 0 atom stereocenters. The molecular weight excluding hydrogens is 260 g/mol. The summed E-state index contributed by atoms with van der Waals surface area (Å²) < 4.78 is 0. The first-order chi connectivity index (χ1) is 10.4. The fraction of sp³-hybridized carbons (Fsp3) is 0.412. The lowest BCUT2D eigenvalue weighted by Crippen LogP contribution is -2.24. The van der Waals surface area contributed by atoms with Crippen molar-refractivity contribution in [2.75, 3.05) is 23.3 Å². The van der Waals surface area contributed by atoms with Crippen molar-refractivity contribution in [3.63, 3.8) is 0 Å². The molecule has 0 radical (unpaired) electrons. The first kappa shape index (κ1) is 13.9. The van der Waals surface area contributed by atoms with Gasteiger partial charge in [-0.15, -0.1) is 0 Å². The predicted molar refractivity (Wildman–Crippen MR) is 86.6 cm³/mol. The van der Waals surface area contributed by atoms with Crippen LogP contribution in [0.25, 0.3) is 0 Å². The Bertz CT molecular complexity index is 580. The van der Waals surface area contributed by atoms with Crippen LogP contribution in [0.3, 0.4) is 0 Å². The van der Waals surface area contributed by atoms with Gasteiger partial charge < -0.3 is 10.2 Å². The minimum absolute atomic E-state index is 0.830. The van der Waals surface area contributed by atoms with E-state index in [1.807, 2.05) is 12.4 Å². The molecule has 0 amide bonds. The molecule has 0 unspecified atom stereocenters. The molecule has 21 heavy (non-hydrogen) atoms. The third-order valence-electron chi connectivity index (χ3n) is 3.87. The van der Waals surface area contributed by atoms with Gasteiger partial charge in [-0.3, -0.25) is 4.98 Å². The first-order valence-electron chi connectivity index (χ1n) is 7.74. The maximum absolute atomic E-state index is 4.53. The minimum Gasteiger partial charge on any atom is -0.369 e. The Balaban J connectivity index is 1.77. The largest absolute Gasteiger partial charge is 0.369 e. The smallest absolute Gasteiger partial charge is 0.144 e. The molecular formula is C17H22N4. The number of fused-ring (bicyclic) bond motifs is 1. The molecule has 1 aromatic heterocycles. The van der Waals surface area contributed by atoms with Gasteiger partial charge in [0, 0.05) is 18.8 Å². The topological polar surface area (TPSA) is 41.1 Å². The first-order valence-corrected chi connectivity index (χ1v) is 7.74. The van der Waals surface area contributed by atoms with Crippen LogP contribution in [0.2, 0.25) is 0 Å². The van der Waals surface area contributed by atoms with Gasteiger partial charge in [0.2, 0.25) is 0 Å².